The minimum Gasteiger partial charge on any atom is -0.275 e. The Kier molecular flexibility index (Phi) is 4.77. The van der Waals surface area contributed by atoms with Crippen LogP contribution in [0.2, 0.25) is 0 Å². The molecule has 0 aromatic carbocycles. The second-order valence-electron chi connectivity index (χ2n) is 4.54. The molecule has 0 unspecified atom stereocenters. The fraction of sp³-hybridized carbons (Fsp3) is 0.188. The van der Waals surface area contributed by atoms with Crippen LogP contribution in [0.15, 0.2) is 54.4 Å². The average molecular weight is 284 g/mol. The summed E-state index contributed by atoms with van der Waals surface area (Å²) >= 11 is 0. The molecular weight excluding hydrogens is 267 g/mol. The molecular formula is C16H17FN4. The monoisotopic (exact) mass is 284 g/mol. The molecule has 0 N–H and O–H groups in total. The fourth-order valence-electron chi connectivity index (χ4n) is 1.87. The topological polar surface area (TPSA) is 43.6 Å². The van der Waals surface area contributed by atoms with Crippen molar-refractivity contribution in [2.24, 2.45) is 7.05 Å². The number of nitrogens with zero attached hydrogens (tertiary/aromatic N) is 4. The van der Waals surface area contributed by atoms with Crippen LogP contribution < -0.4 is 0 Å². The van der Waals surface area contributed by atoms with Crippen molar-refractivity contribution in [3.05, 3.63) is 60.1 Å². The smallest absolute Gasteiger partial charge is 0.121 e. The third-order valence-electron chi connectivity index (χ3n) is 2.95. The lowest BCUT2D eigenvalue weighted by Gasteiger charge is -1.96. The molecule has 5 heteroatoms. The molecule has 0 saturated carbocycles. The minimum atomic E-state index is -0.225. The Morgan fingerprint density at radius 2 is 2.19 bits per heavy atom. The first-order valence-corrected chi connectivity index (χ1v) is 6.59. The zero-order chi connectivity index (χ0) is 15.2. The molecule has 0 fully saturated rings. The van der Waals surface area contributed by atoms with E-state index in [0.29, 0.717) is 5.57 Å². The lowest BCUT2D eigenvalue weighted by molar-refractivity contribution is 0.649. The Morgan fingerprint density at radius 3 is 2.86 bits per heavy atom. The van der Waals surface area contributed by atoms with E-state index in [2.05, 4.69) is 15.1 Å². The van der Waals surface area contributed by atoms with Gasteiger partial charge in [-0.3, -0.25) is 4.68 Å². The molecule has 0 aliphatic rings. The van der Waals surface area contributed by atoms with Gasteiger partial charge in [0.05, 0.1) is 11.4 Å². The lowest BCUT2D eigenvalue weighted by atomic mass is 10.1. The fourth-order valence-corrected chi connectivity index (χ4v) is 1.87. The van der Waals surface area contributed by atoms with Crippen LogP contribution in [0.5, 0.6) is 0 Å². The van der Waals surface area contributed by atoms with Crippen molar-refractivity contribution in [2.45, 2.75) is 13.8 Å². The van der Waals surface area contributed by atoms with E-state index in [-0.39, 0.29) is 5.83 Å². The molecule has 0 atom stereocenters. The number of rotatable bonds is 4. The summed E-state index contributed by atoms with van der Waals surface area (Å²) in [5.74, 6) is -0.225. The summed E-state index contributed by atoms with van der Waals surface area (Å²) in [5, 5.41) is 4.38. The zero-order valence-corrected chi connectivity index (χ0v) is 12.3. The summed E-state index contributed by atoms with van der Waals surface area (Å²) in [7, 11) is 1.85. The van der Waals surface area contributed by atoms with E-state index in [1.54, 1.807) is 36.9 Å². The Hall–Kier alpha value is -2.56. The lowest BCUT2D eigenvalue weighted by Crippen LogP contribution is -1.86. The van der Waals surface area contributed by atoms with Gasteiger partial charge in [-0.15, -0.1) is 0 Å². The highest BCUT2D eigenvalue weighted by molar-refractivity contribution is 5.70. The van der Waals surface area contributed by atoms with Crippen LogP contribution in [-0.2, 0) is 7.05 Å². The number of hydrogen-bond acceptors (Lipinski definition) is 3. The Bertz CT molecular complexity index is 696. The van der Waals surface area contributed by atoms with Gasteiger partial charge in [-0.05, 0) is 31.6 Å². The van der Waals surface area contributed by atoms with E-state index in [9.17, 15) is 4.39 Å². The molecule has 0 spiro atoms. The van der Waals surface area contributed by atoms with Crippen LogP contribution >= 0.6 is 0 Å². The van der Waals surface area contributed by atoms with E-state index >= 15 is 0 Å². The van der Waals surface area contributed by atoms with Crippen LogP contribution in [-0.4, -0.2) is 19.7 Å². The van der Waals surface area contributed by atoms with Gasteiger partial charge in [0.2, 0.25) is 0 Å². The third kappa shape index (κ3) is 3.72. The van der Waals surface area contributed by atoms with Crippen molar-refractivity contribution >= 4 is 6.08 Å². The molecule has 0 bridgehead atoms. The minimum absolute atomic E-state index is 0.225. The maximum Gasteiger partial charge on any atom is 0.121 e. The standard InChI is InChI=1S/C16H17FN4/c1-4-14(17)12(2)6-5-7-16-13(10-21(3)20-16)15-8-9-18-11-19-15/h4-11H,1-3H3/b7-5+,12-6-,14-4+. The first-order valence-electron chi connectivity index (χ1n) is 6.59. The number of allylic oxidation sites excluding steroid dienone is 5. The number of halogens is 1. The molecule has 0 amide bonds. The SMILES string of the molecule is C\C=C(F)/C(C)=C\C=C\c1nn(C)cc1-c1ccncn1. The quantitative estimate of drug-likeness (QED) is 0.804. The second-order valence-corrected chi connectivity index (χ2v) is 4.54. The first kappa shape index (κ1) is 14.8. The third-order valence-corrected chi connectivity index (χ3v) is 2.95. The Morgan fingerprint density at radius 1 is 1.38 bits per heavy atom. The second kappa shape index (κ2) is 6.74. The average Bonchev–Trinajstić information content (AvgIpc) is 2.88. The summed E-state index contributed by atoms with van der Waals surface area (Å²) < 4.78 is 15.0. The summed E-state index contributed by atoms with van der Waals surface area (Å²) in [4.78, 5) is 8.13. The van der Waals surface area contributed by atoms with Crippen molar-refractivity contribution < 1.29 is 4.39 Å². The maximum atomic E-state index is 13.3. The molecule has 0 aliphatic carbocycles. The van der Waals surface area contributed by atoms with E-state index in [1.165, 1.54) is 12.4 Å². The highest BCUT2D eigenvalue weighted by atomic mass is 19.1. The molecule has 21 heavy (non-hydrogen) atoms. The van der Waals surface area contributed by atoms with Gasteiger partial charge >= 0.3 is 0 Å². The predicted molar refractivity (Wildman–Crippen MR) is 81.9 cm³/mol. The van der Waals surface area contributed by atoms with Gasteiger partial charge in [-0.1, -0.05) is 18.2 Å². The largest absolute Gasteiger partial charge is 0.275 e. The molecule has 2 aromatic rings. The first-order chi connectivity index (χ1) is 10.1. The molecule has 108 valence electrons. The number of aromatic nitrogens is 4. The van der Waals surface area contributed by atoms with Gasteiger partial charge in [0.1, 0.15) is 12.2 Å². The van der Waals surface area contributed by atoms with Gasteiger partial charge in [-0.2, -0.15) is 5.10 Å². The van der Waals surface area contributed by atoms with Crippen LogP contribution in [0.1, 0.15) is 19.5 Å². The van der Waals surface area contributed by atoms with Crippen molar-refractivity contribution in [2.75, 3.05) is 0 Å². The highest BCUT2D eigenvalue weighted by Gasteiger charge is 2.08. The van der Waals surface area contributed by atoms with Crippen LogP contribution in [0.25, 0.3) is 17.3 Å². The molecule has 2 aromatic heterocycles. The maximum absolute atomic E-state index is 13.3. The summed E-state index contributed by atoms with van der Waals surface area (Å²) in [6, 6.07) is 1.83. The van der Waals surface area contributed by atoms with E-state index in [4.69, 9.17) is 0 Å². The summed E-state index contributed by atoms with van der Waals surface area (Å²) in [6.45, 7) is 3.39. The number of hydrogen-bond donors (Lipinski definition) is 0. The van der Waals surface area contributed by atoms with Gasteiger partial charge in [-0.25, -0.2) is 14.4 Å². The molecule has 0 radical (unpaired) electrons. The van der Waals surface area contributed by atoms with Crippen molar-refractivity contribution in [1.29, 1.82) is 0 Å². The van der Waals surface area contributed by atoms with Crippen LogP contribution in [0, 0.1) is 0 Å². The van der Waals surface area contributed by atoms with E-state index in [1.807, 2.05) is 25.4 Å². The molecule has 4 nitrogen and oxygen atoms in total. The normalized spacial score (nSPS) is 13.1. The summed E-state index contributed by atoms with van der Waals surface area (Å²) in [5.41, 5.74) is 3.07. The van der Waals surface area contributed by atoms with Crippen molar-refractivity contribution in [1.82, 2.24) is 19.7 Å². The van der Waals surface area contributed by atoms with Crippen LogP contribution in [0.3, 0.4) is 0 Å². The highest BCUT2D eigenvalue weighted by Crippen LogP contribution is 2.21. The molecule has 0 aliphatic heterocycles. The van der Waals surface area contributed by atoms with Gasteiger partial charge in [0.25, 0.3) is 0 Å². The van der Waals surface area contributed by atoms with Crippen molar-refractivity contribution in [3.8, 4) is 11.3 Å². The van der Waals surface area contributed by atoms with Crippen LogP contribution in [0.4, 0.5) is 4.39 Å². The van der Waals surface area contributed by atoms with E-state index < -0.39 is 0 Å². The Labute approximate surface area is 123 Å². The molecule has 2 rings (SSSR count). The number of aryl methyl sites for hydroxylation is 1. The molecule has 2 heterocycles. The van der Waals surface area contributed by atoms with E-state index in [0.717, 1.165) is 17.0 Å². The summed E-state index contributed by atoms with van der Waals surface area (Å²) in [6.07, 6.45) is 11.9. The van der Waals surface area contributed by atoms with Gasteiger partial charge < -0.3 is 0 Å². The zero-order valence-electron chi connectivity index (χ0n) is 12.3. The Balaban J connectivity index is 2.30. The van der Waals surface area contributed by atoms with Gasteiger partial charge in [0.15, 0.2) is 0 Å². The van der Waals surface area contributed by atoms with Gasteiger partial charge in [0, 0.05) is 25.0 Å². The van der Waals surface area contributed by atoms with Crippen molar-refractivity contribution in [3.63, 3.8) is 0 Å². The predicted octanol–water partition coefficient (Wildman–Crippen LogP) is 3.71. The molecule has 0 saturated heterocycles.